The summed E-state index contributed by atoms with van der Waals surface area (Å²) in [5, 5.41) is 4.13. The van der Waals surface area contributed by atoms with Crippen molar-refractivity contribution in [1.29, 1.82) is 0 Å². The van der Waals surface area contributed by atoms with Crippen LogP contribution in [0.1, 0.15) is 0 Å². The van der Waals surface area contributed by atoms with E-state index in [2.05, 4.69) is 78.9 Å². The summed E-state index contributed by atoms with van der Waals surface area (Å²) in [4.78, 5) is 0. The van der Waals surface area contributed by atoms with E-state index in [1.54, 1.807) is 7.11 Å². The molecule has 0 aliphatic rings. The molecule has 3 aromatic carbocycles. The summed E-state index contributed by atoms with van der Waals surface area (Å²) in [6.07, 6.45) is 0. The predicted molar refractivity (Wildman–Crippen MR) is 90.5 cm³/mol. The molecule has 0 saturated heterocycles. The van der Waals surface area contributed by atoms with Crippen molar-refractivity contribution in [3.63, 3.8) is 0 Å². The Labute approximate surface area is 127 Å². The van der Waals surface area contributed by atoms with E-state index in [9.17, 15) is 0 Å². The molecule has 0 bridgehead atoms. The molecule has 0 N–H and O–H groups in total. The van der Waals surface area contributed by atoms with Crippen molar-refractivity contribution in [2.45, 2.75) is 0 Å². The Morgan fingerprint density at radius 2 is 1.14 bits per heavy atom. The van der Waals surface area contributed by atoms with Gasteiger partial charge in [-0.3, -0.25) is 0 Å². The topological polar surface area (TPSA) is 9.23 Å². The van der Waals surface area contributed by atoms with Crippen LogP contribution in [0, 0.1) is 0 Å². The Bertz CT molecular complexity index is 656. The third-order valence-electron chi connectivity index (χ3n) is 3.48. The van der Waals surface area contributed by atoms with Gasteiger partial charge in [0.25, 0.3) is 0 Å². The average Bonchev–Trinajstić information content (AvgIpc) is 2.57. The molecule has 0 unspecified atom stereocenters. The van der Waals surface area contributed by atoms with Crippen LogP contribution in [0.4, 0.5) is 0 Å². The van der Waals surface area contributed by atoms with Crippen LogP contribution in [0.15, 0.2) is 84.9 Å². The van der Waals surface area contributed by atoms with Gasteiger partial charge in [-0.1, -0.05) is 83.2 Å². The molecule has 21 heavy (non-hydrogen) atoms. The lowest BCUT2D eigenvalue weighted by atomic mass is 10.3. The molecule has 0 aromatic heterocycles. The first-order valence-electron chi connectivity index (χ1n) is 7.01. The van der Waals surface area contributed by atoms with Crippen LogP contribution >= 0.6 is 0 Å². The zero-order chi connectivity index (χ0) is 14.5. The van der Waals surface area contributed by atoms with Crippen LogP contribution in [0.3, 0.4) is 0 Å². The molecular formula is C19H17OSi. The molecule has 103 valence electrons. The molecule has 0 spiro atoms. The molecule has 0 atom stereocenters. The second-order valence-electron chi connectivity index (χ2n) is 4.84. The molecule has 0 saturated carbocycles. The van der Waals surface area contributed by atoms with E-state index >= 15 is 0 Å². The van der Waals surface area contributed by atoms with Gasteiger partial charge in [-0.15, -0.1) is 0 Å². The fourth-order valence-electron chi connectivity index (χ4n) is 2.49. The lowest BCUT2D eigenvalue weighted by Gasteiger charge is -2.17. The van der Waals surface area contributed by atoms with Crippen molar-refractivity contribution in [3.8, 4) is 5.75 Å². The van der Waals surface area contributed by atoms with Crippen molar-refractivity contribution in [3.05, 3.63) is 84.9 Å². The van der Waals surface area contributed by atoms with Crippen LogP contribution in [-0.4, -0.2) is 15.9 Å². The van der Waals surface area contributed by atoms with Crippen molar-refractivity contribution in [2.24, 2.45) is 0 Å². The Hall–Kier alpha value is -2.32. The van der Waals surface area contributed by atoms with E-state index in [0.717, 1.165) is 5.75 Å². The highest BCUT2D eigenvalue weighted by Gasteiger charge is 2.19. The van der Waals surface area contributed by atoms with Gasteiger partial charge in [-0.2, -0.15) is 0 Å². The van der Waals surface area contributed by atoms with Crippen LogP contribution in [0.5, 0.6) is 5.75 Å². The monoisotopic (exact) mass is 289 g/mol. The summed E-state index contributed by atoms with van der Waals surface area (Å²) in [7, 11) is 0.730. The van der Waals surface area contributed by atoms with Crippen molar-refractivity contribution in [2.75, 3.05) is 7.11 Å². The lowest BCUT2D eigenvalue weighted by molar-refractivity contribution is 0.415. The van der Waals surface area contributed by atoms with E-state index in [4.69, 9.17) is 4.74 Å². The van der Waals surface area contributed by atoms with Crippen LogP contribution in [0.25, 0.3) is 0 Å². The van der Waals surface area contributed by atoms with E-state index in [0.29, 0.717) is 0 Å². The van der Waals surface area contributed by atoms with Crippen molar-refractivity contribution >= 4 is 24.4 Å². The van der Waals surface area contributed by atoms with E-state index < -0.39 is 8.80 Å². The number of hydrogen-bond donors (Lipinski definition) is 0. The fourth-order valence-corrected chi connectivity index (χ4v) is 5.09. The van der Waals surface area contributed by atoms with E-state index in [-0.39, 0.29) is 0 Å². The molecule has 1 radical (unpaired) electrons. The maximum Gasteiger partial charge on any atom is 0.154 e. The van der Waals surface area contributed by atoms with Gasteiger partial charge in [0, 0.05) is 0 Å². The average molecular weight is 289 g/mol. The maximum absolute atomic E-state index is 5.39. The van der Waals surface area contributed by atoms with Gasteiger partial charge < -0.3 is 4.74 Å². The third kappa shape index (κ3) is 3.06. The number of methoxy groups -OCH3 is 1. The largest absolute Gasteiger partial charge is 0.497 e. The minimum absolute atomic E-state index is 0.918. The highest BCUT2D eigenvalue weighted by Crippen LogP contribution is 2.07. The van der Waals surface area contributed by atoms with Gasteiger partial charge in [0.2, 0.25) is 0 Å². The van der Waals surface area contributed by atoms with Crippen molar-refractivity contribution < 1.29 is 4.74 Å². The summed E-state index contributed by atoms with van der Waals surface area (Å²) in [5.74, 6) is 0.918. The van der Waals surface area contributed by atoms with Gasteiger partial charge in [0.05, 0.1) is 7.11 Å². The van der Waals surface area contributed by atoms with Gasteiger partial charge in [0.15, 0.2) is 8.80 Å². The van der Waals surface area contributed by atoms with Crippen molar-refractivity contribution in [1.82, 2.24) is 0 Å². The van der Waals surface area contributed by atoms with Crippen LogP contribution in [0.2, 0.25) is 0 Å². The Morgan fingerprint density at radius 1 is 0.619 bits per heavy atom. The molecule has 3 rings (SSSR count). The quantitative estimate of drug-likeness (QED) is 0.528. The predicted octanol–water partition coefficient (Wildman–Crippen LogP) is 2.21. The molecule has 3 aromatic rings. The zero-order valence-electron chi connectivity index (χ0n) is 12.0. The van der Waals surface area contributed by atoms with Crippen LogP contribution < -0.4 is 20.3 Å². The summed E-state index contributed by atoms with van der Waals surface area (Å²) >= 11 is 0. The molecule has 0 aliphatic heterocycles. The smallest absolute Gasteiger partial charge is 0.154 e. The molecule has 0 aliphatic carbocycles. The normalized spacial score (nSPS) is 10.6. The minimum atomic E-state index is -0.989. The second-order valence-corrected chi connectivity index (χ2v) is 7.32. The summed E-state index contributed by atoms with van der Waals surface area (Å²) in [6.45, 7) is 0. The number of ether oxygens (including phenoxy) is 1. The fraction of sp³-hybridized carbons (Fsp3) is 0.0526. The molecule has 2 heteroatoms. The van der Waals surface area contributed by atoms with E-state index in [1.165, 1.54) is 15.6 Å². The summed E-state index contributed by atoms with van der Waals surface area (Å²) in [6, 6.07) is 29.9. The standard InChI is InChI=1S/C19H17OSi/c1-20-16-9-8-14-19(15-16)21(17-10-4-2-5-11-17)18-12-6-3-7-13-18/h2-15H,1H3. The summed E-state index contributed by atoms with van der Waals surface area (Å²) in [5.41, 5.74) is 0. The lowest BCUT2D eigenvalue weighted by Crippen LogP contribution is -2.51. The van der Waals surface area contributed by atoms with Gasteiger partial charge >= 0.3 is 0 Å². The maximum atomic E-state index is 5.39. The Kier molecular flexibility index (Phi) is 4.17. The highest BCUT2D eigenvalue weighted by molar-refractivity contribution is 6.95. The molecule has 0 amide bonds. The van der Waals surface area contributed by atoms with Gasteiger partial charge in [0.1, 0.15) is 5.75 Å². The Morgan fingerprint density at radius 3 is 1.67 bits per heavy atom. The first-order chi connectivity index (χ1) is 10.4. The number of benzene rings is 3. The number of rotatable bonds is 4. The SMILES string of the molecule is COc1cccc([Si](c2ccccc2)c2ccccc2)c1. The minimum Gasteiger partial charge on any atom is -0.497 e. The third-order valence-corrected chi connectivity index (χ3v) is 6.19. The molecule has 0 fully saturated rings. The molecule has 0 heterocycles. The Balaban J connectivity index is 2.12. The zero-order valence-corrected chi connectivity index (χ0v) is 13.0. The van der Waals surface area contributed by atoms with Gasteiger partial charge in [-0.05, 0) is 17.3 Å². The molecule has 1 nitrogen and oxygen atoms in total. The molecular weight excluding hydrogens is 272 g/mol. The van der Waals surface area contributed by atoms with E-state index in [1.807, 2.05) is 6.07 Å². The number of hydrogen-bond acceptors (Lipinski definition) is 1. The summed E-state index contributed by atoms with van der Waals surface area (Å²) < 4.78 is 5.39. The van der Waals surface area contributed by atoms with Crippen LogP contribution in [-0.2, 0) is 0 Å². The first-order valence-corrected chi connectivity index (χ1v) is 8.51. The second kappa shape index (κ2) is 6.42. The highest BCUT2D eigenvalue weighted by atomic mass is 28.3. The first kappa shape index (κ1) is 13.7. The van der Waals surface area contributed by atoms with Gasteiger partial charge in [-0.25, -0.2) is 0 Å².